The largest absolute Gasteiger partial charge is 0.371 e. The zero-order valence-electron chi connectivity index (χ0n) is 13.2. The van der Waals surface area contributed by atoms with Gasteiger partial charge in [0, 0.05) is 37.6 Å². The van der Waals surface area contributed by atoms with E-state index in [1.54, 1.807) is 6.20 Å². The van der Waals surface area contributed by atoms with Crippen molar-refractivity contribution in [1.82, 2.24) is 15.6 Å². The van der Waals surface area contributed by atoms with Crippen molar-refractivity contribution >= 4 is 11.6 Å². The minimum absolute atomic E-state index is 0.100. The molecule has 0 aromatic carbocycles. The summed E-state index contributed by atoms with van der Waals surface area (Å²) < 4.78 is 0. The van der Waals surface area contributed by atoms with Gasteiger partial charge in [0.2, 0.25) is 0 Å². The Bertz CT molecular complexity index is 477. The molecule has 0 radical (unpaired) electrons. The van der Waals surface area contributed by atoms with Crippen molar-refractivity contribution in [2.75, 3.05) is 31.6 Å². The molecule has 1 amide bonds. The topological polar surface area (TPSA) is 57.3 Å². The molecule has 21 heavy (non-hydrogen) atoms. The molecule has 1 aromatic heterocycles. The molecular formula is C16H26N4O. The molecule has 2 rings (SSSR count). The van der Waals surface area contributed by atoms with Crippen LogP contribution in [0.1, 0.15) is 37.2 Å². The number of hydrogen-bond donors (Lipinski definition) is 2. The third kappa shape index (κ3) is 3.94. The summed E-state index contributed by atoms with van der Waals surface area (Å²) in [5.74, 6) is 0.543. The van der Waals surface area contributed by atoms with E-state index in [2.05, 4.69) is 27.4 Å². The van der Waals surface area contributed by atoms with E-state index in [4.69, 9.17) is 0 Å². The third-order valence-corrected chi connectivity index (χ3v) is 4.30. The Morgan fingerprint density at radius 2 is 2.38 bits per heavy atom. The van der Waals surface area contributed by atoms with Gasteiger partial charge in [0.1, 0.15) is 5.69 Å². The van der Waals surface area contributed by atoms with Crippen LogP contribution in [0.25, 0.3) is 0 Å². The maximum atomic E-state index is 11.9. The van der Waals surface area contributed by atoms with Crippen molar-refractivity contribution in [2.45, 2.75) is 32.7 Å². The zero-order valence-corrected chi connectivity index (χ0v) is 13.2. The Hall–Kier alpha value is -1.62. The fraction of sp³-hybridized carbons (Fsp3) is 0.625. The predicted molar refractivity (Wildman–Crippen MR) is 85.7 cm³/mol. The van der Waals surface area contributed by atoms with Gasteiger partial charge in [-0.05, 0) is 51.8 Å². The fourth-order valence-corrected chi connectivity index (χ4v) is 2.88. The second-order valence-electron chi connectivity index (χ2n) is 5.68. The first-order valence-corrected chi connectivity index (χ1v) is 7.82. The van der Waals surface area contributed by atoms with Gasteiger partial charge >= 0.3 is 0 Å². The average Bonchev–Trinajstić information content (AvgIpc) is 2.54. The van der Waals surface area contributed by atoms with Crippen LogP contribution in [0.15, 0.2) is 18.3 Å². The fourth-order valence-electron chi connectivity index (χ4n) is 2.88. The quantitative estimate of drug-likeness (QED) is 0.866. The molecule has 0 spiro atoms. The van der Waals surface area contributed by atoms with Crippen LogP contribution in [0.2, 0.25) is 0 Å². The lowest BCUT2D eigenvalue weighted by molar-refractivity contribution is 0.0951. The molecular weight excluding hydrogens is 264 g/mol. The molecule has 1 aromatic rings. The normalized spacial score (nSPS) is 20.1. The van der Waals surface area contributed by atoms with Gasteiger partial charge < -0.3 is 15.5 Å². The van der Waals surface area contributed by atoms with Crippen LogP contribution < -0.4 is 15.5 Å². The smallest absolute Gasteiger partial charge is 0.269 e. The van der Waals surface area contributed by atoms with E-state index in [9.17, 15) is 4.79 Å². The summed E-state index contributed by atoms with van der Waals surface area (Å²) in [4.78, 5) is 18.4. The van der Waals surface area contributed by atoms with Crippen molar-refractivity contribution in [1.29, 1.82) is 0 Å². The van der Waals surface area contributed by atoms with E-state index < -0.39 is 0 Å². The van der Waals surface area contributed by atoms with Gasteiger partial charge in [0.05, 0.1) is 0 Å². The first-order chi connectivity index (χ1) is 10.2. The SMILES string of the molecule is CCNC(=O)c1cc(N2CCCC(C(C)NC)C2)ccn1. The maximum Gasteiger partial charge on any atom is 0.269 e. The van der Waals surface area contributed by atoms with E-state index in [1.165, 1.54) is 12.8 Å². The van der Waals surface area contributed by atoms with E-state index in [0.29, 0.717) is 24.2 Å². The molecule has 1 aliphatic heterocycles. The van der Waals surface area contributed by atoms with Crippen LogP contribution in [-0.2, 0) is 0 Å². The van der Waals surface area contributed by atoms with Crippen LogP contribution in [0, 0.1) is 5.92 Å². The summed E-state index contributed by atoms with van der Waals surface area (Å²) >= 11 is 0. The number of pyridine rings is 1. The number of hydrogen-bond acceptors (Lipinski definition) is 4. The molecule has 2 heterocycles. The highest BCUT2D eigenvalue weighted by Crippen LogP contribution is 2.25. The molecule has 2 N–H and O–H groups in total. The van der Waals surface area contributed by atoms with E-state index in [1.807, 2.05) is 26.1 Å². The molecule has 2 unspecified atom stereocenters. The Morgan fingerprint density at radius 1 is 1.57 bits per heavy atom. The molecule has 0 bridgehead atoms. The number of nitrogens with one attached hydrogen (secondary N) is 2. The molecule has 1 aliphatic rings. The van der Waals surface area contributed by atoms with E-state index in [-0.39, 0.29) is 5.91 Å². The Morgan fingerprint density at radius 3 is 3.10 bits per heavy atom. The number of nitrogens with zero attached hydrogens (tertiary/aromatic N) is 2. The minimum atomic E-state index is -0.100. The van der Waals surface area contributed by atoms with Gasteiger partial charge in [0.15, 0.2) is 0 Å². The van der Waals surface area contributed by atoms with Gasteiger partial charge in [-0.25, -0.2) is 0 Å². The molecule has 1 fully saturated rings. The molecule has 5 nitrogen and oxygen atoms in total. The summed E-state index contributed by atoms with van der Waals surface area (Å²) in [5, 5.41) is 6.15. The third-order valence-electron chi connectivity index (χ3n) is 4.30. The Kier molecular flexibility index (Phi) is 5.56. The highest BCUT2D eigenvalue weighted by Gasteiger charge is 2.24. The van der Waals surface area contributed by atoms with Gasteiger partial charge in [-0.15, -0.1) is 0 Å². The number of carbonyl (C=O) groups is 1. The van der Waals surface area contributed by atoms with Crippen molar-refractivity contribution in [3.8, 4) is 0 Å². The average molecular weight is 290 g/mol. The molecule has 0 saturated carbocycles. The lowest BCUT2D eigenvalue weighted by atomic mass is 9.91. The van der Waals surface area contributed by atoms with Crippen molar-refractivity contribution in [3.63, 3.8) is 0 Å². The van der Waals surface area contributed by atoms with Crippen LogP contribution >= 0.6 is 0 Å². The zero-order chi connectivity index (χ0) is 15.2. The highest BCUT2D eigenvalue weighted by atomic mass is 16.1. The van der Waals surface area contributed by atoms with Crippen molar-refractivity contribution in [2.24, 2.45) is 5.92 Å². The number of amides is 1. The second kappa shape index (κ2) is 7.41. The van der Waals surface area contributed by atoms with E-state index in [0.717, 1.165) is 18.8 Å². The van der Waals surface area contributed by atoms with Gasteiger partial charge in [0.25, 0.3) is 5.91 Å². The Labute approximate surface area is 127 Å². The number of piperidine rings is 1. The lowest BCUT2D eigenvalue weighted by Crippen LogP contribution is -2.43. The van der Waals surface area contributed by atoms with Crippen LogP contribution in [0.3, 0.4) is 0 Å². The lowest BCUT2D eigenvalue weighted by Gasteiger charge is -2.37. The van der Waals surface area contributed by atoms with E-state index >= 15 is 0 Å². The number of rotatable bonds is 5. The van der Waals surface area contributed by atoms with Crippen LogP contribution in [-0.4, -0.2) is 43.6 Å². The first-order valence-electron chi connectivity index (χ1n) is 7.82. The molecule has 1 saturated heterocycles. The summed E-state index contributed by atoms with van der Waals surface area (Å²) in [6.45, 7) is 6.85. The second-order valence-corrected chi connectivity index (χ2v) is 5.68. The first kappa shape index (κ1) is 15.8. The number of aromatic nitrogens is 1. The monoisotopic (exact) mass is 290 g/mol. The van der Waals surface area contributed by atoms with Crippen LogP contribution in [0.5, 0.6) is 0 Å². The standard InChI is InChI=1S/C16H26N4O/c1-4-18-16(21)15-10-14(7-8-19-15)20-9-5-6-13(11-20)12(2)17-3/h7-8,10,12-13,17H,4-6,9,11H2,1-3H3,(H,18,21). The molecule has 5 heteroatoms. The van der Waals surface area contributed by atoms with Gasteiger partial charge in [-0.3, -0.25) is 9.78 Å². The molecule has 116 valence electrons. The van der Waals surface area contributed by atoms with Gasteiger partial charge in [-0.1, -0.05) is 0 Å². The van der Waals surface area contributed by atoms with Crippen molar-refractivity contribution < 1.29 is 4.79 Å². The maximum absolute atomic E-state index is 11.9. The summed E-state index contributed by atoms with van der Waals surface area (Å²) in [6.07, 6.45) is 4.17. The van der Waals surface area contributed by atoms with Crippen LogP contribution in [0.4, 0.5) is 5.69 Å². The number of carbonyl (C=O) groups excluding carboxylic acids is 1. The van der Waals surface area contributed by atoms with Gasteiger partial charge in [-0.2, -0.15) is 0 Å². The predicted octanol–water partition coefficient (Wildman–Crippen LogP) is 1.66. The minimum Gasteiger partial charge on any atom is -0.371 e. The Balaban J connectivity index is 2.10. The summed E-state index contributed by atoms with van der Waals surface area (Å²) in [7, 11) is 2.02. The highest BCUT2D eigenvalue weighted by molar-refractivity contribution is 5.93. The molecule has 2 atom stereocenters. The summed E-state index contributed by atoms with van der Waals surface area (Å²) in [6, 6.07) is 4.41. The number of anilines is 1. The summed E-state index contributed by atoms with van der Waals surface area (Å²) in [5.41, 5.74) is 1.59. The van der Waals surface area contributed by atoms with Crippen molar-refractivity contribution in [3.05, 3.63) is 24.0 Å². The molecule has 0 aliphatic carbocycles.